The van der Waals surface area contributed by atoms with Gasteiger partial charge >= 0.3 is 0 Å². The molecule has 2 N–H and O–H groups in total. The first kappa shape index (κ1) is 12.8. The van der Waals surface area contributed by atoms with Gasteiger partial charge in [-0.1, -0.05) is 0 Å². The predicted octanol–water partition coefficient (Wildman–Crippen LogP) is -0.0384. The Morgan fingerprint density at radius 2 is 2.00 bits per heavy atom. The van der Waals surface area contributed by atoms with Crippen LogP contribution in [0.1, 0.15) is 0 Å². The van der Waals surface area contributed by atoms with Crippen molar-refractivity contribution in [3.8, 4) is 0 Å². The Morgan fingerprint density at radius 1 is 1.32 bits per heavy atom. The Kier molecular flexibility index (Phi) is 2.99. The van der Waals surface area contributed by atoms with E-state index in [-0.39, 0.29) is 4.90 Å². The SMILES string of the molecule is CN(C)S(=O)(=O)c1ccc(NC2C3CNCC32)nc1. The standard InChI is InChI=1S/C12H18N4O2S/c1-16(2)19(17,18)8-3-4-11(14-5-8)15-12-9-6-13-7-10(9)12/h3-5,9-10,12-13H,6-7H2,1-2H3,(H,14,15). The maximum Gasteiger partial charge on any atom is 0.244 e. The summed E-state index contributed by atoms with van der Waals surface area (Å²) in [6.45, 7) is 2.13. The molecule has 1 aromatic heterocycles. The predicted molar refractivity (Wildman–Crippen MR) is 72.4 cm³/mol. The van der Waals surface area contributed by atoms with E-state index in [0.29, 0.717) is 17.9 Å². The molecule has 1 saturated heterocycles. The molecule has 2 unspecified atom stereocenters. The van der Waals surface area contributed by atoms with Crippen LogP contribution in [0.5, 0.6) is 0 Å². The van der Waals surface area contributed by atoms with E-state index in [4.69, 9.17) is 0 Å². The van der Waals surface area contributed by atoms with Crippen molar-refractivity contribution in [1.82, 2.24) is 14.6 Å². The van der Waals surface area contributed by atoms with Gasteiger partial charge in [0.2, 0.25) is 10.0 Å². The third kappa shape index (κ3) is 2.22. The second kappa shape index (κ2) is 4.43. The number of aromatic nitrogens is 1. The number of hydrogen-bond acceptors (Lipinski definition) is 5. The molecular weight excluding hydrogens is 264 g/mol. The number of piperidine rings is 1. The normalized spacial score (nSPS) is 29.3. The van der Waals surface area contributed by atoms with Crippen LogP contribution in [0.25, 0.3) is 0 Å². The van der Waals surface area contributed by atoms with Crippen LogP contribution >= 0.6 is 0 Å². The summed E-state index contributed by atoms with van der Waals surface area (Å²) in [6, 6.07) is 3.82. The van der Waals surface area contributed by atoms with Crippen molar-refractivity contribution >= 4 is 15.8 Å². The second-order valence-electron chi connectivity index (χ2n) is 5.32. The van der Waals surface area contributed by atoms with Crippen LogP contribution in [0, 0.1) is 11.8 Å². The van der Waals surface area contributed by atoms with Crippen molar-refractivity contribution < 1.29 is 8.42 Å². The molecule has 6 nitrogen and oxygen atoms in total. The molecule has 104 valence electrons. The highest BCUT2D eigenvalue weighted by Gasteiger charge is 2.53. The quantitative estimate of drug-likeness (QED) is 0.811. The number of nitrogens with one attached hydrogen (secondary N) is 2. The van der Waals surface area contributed by atoms with Gasteiger partial charge in [-0.15, -0.1) is 0 Å². The van der Waals surface area contributed by atoms with E-state index in [0.717, 1.165) is 18.9 Å². The van der Waals surface area contributed by atoms with Gasteiger partial charge in [0, 0.05) is 39.4 Å². The van der Waals surface area contributed by atoms with Gasteiger partial charge in [-0.3, -0.25) is 0 Å². The van der Waals surface area contributed by atoms with Crippen molar-refractivity contribution in [3.05, 3.63) is 18.3 Å². The molecule has 7 heteroatoms. The van der Waals surface area contributed by atoms with Crippen molar-refractivity contribution in [1.29, 1.82) is 0 Å². The minimum Gasteiger partial charge on any atom is -0.367 e. The first-order valence-corrected chi connectivity index (χ1v) is 7.80. The van der Waals surface area contributed by atoms with Gasteiger partial charge < -0.3 is 10.6 Å². The summed E-state index contributed by atoms with van der Waals surface area (Å²) >= 11 is 0. The summed E-state index contributed by atoms with van der Waals surface area (Å²) in [5.41, 5.74) is 0. The molecule has 3 rings (SSSR count). The van der Waals surface area contributed by atoms with Crippen molar-refractivity contribution in [2.24, 2.45) is 11.8 Å². The van der Waals surface area contributed by atoms with Gasteiger partial charge in [-0.05, 0) is 24.0 Å². The summed E-state index contributed by atoms with van der Waals surface area (Å²) in [4.78, 5) is 4.42. The van der Waals surface area contributed by atoms with E-state index >= 15 is 0 Å². The molecule has 2 fully saturated rings. The zero-order valence-electron chi connectivity index (χ0n) is 11.0. The smallest absolute Gasteiger partial charge is 0.244 e. The van der Waals surface area contributed by atoms with Crippen LogP contribution in [0.15, 0.2) is 23.2 Å². The average Bonchev–Trinajstić information content (AvgIpc) is 2.83. The largest absolute Gasteiger partial charge is 0.367 e. The van der Waals surface area contributed by atoms with Crippen molar-refractivity contribution in [2.75, 3.05) is 32.5 Å². The van der Waals surface area contributed by atoms with E-state index < -0.39 is 10.0 Å². The molecular formula is C12H18N4O2S. The van der Waals surface area contributed by atoms with Crippen LogP contribution in [0.3, 0.4) is 0 Å². The van der Waals surface area contributed by atoms with Crippen LogP contribution in [-0.4, -0.2) is 50.9 Å². The molecule has 0 radical (unpaired) electrons. The number of nitrogens with zero attached hydrogens (tertiary/aromatic N) is 2. The van der Waals surface area contributed by atoms with Gasteiger partial charge in [0.15, 0.2) is 0 Å². The lowest BCUT2D eigenvalue weighted by atomic mass is 10.4. The Labute approximate surface area is 113 Å². The molecule has 1 saturated carbocycles. The van der Waals surface area contributed by atoms with Gasteiger partial charge in [0.25, 0.3) is 0 Å². The Bertz CT molecular complexity index is 560. The van der Waals surface area contributed by atoms with Crippen LogP contribution in [0.2, 0.25) is 0 Å². The van der Waals surface area contributed by atoms with Crippen molar-refractivity contribution in [3.63, 3.8) is 0 Å². The zero-order valence-corrected chi connectivity index (χ0v) is 11.8. The molecule has 2 atom stereocenters. The highest BCUT2D eigenvalue weighted by molar-refractivity contribution is 7.89. The molecule has 1 aliphatic carbocycles. The van der Waals surface area contributed by atoms with Gasteiger partial charge in [-0.25, -0.2) is 17.7 Å². The first-order valence-electron chi connectivity index (χ1n) is 6.36. The van der Waals surface area contributed by atoms with Crippen LogP contribution < -0.4 is 10.6 Å². The highest BCUT2D eigenvalue weighted by Crippen LogP contribution is 2.43. The lowest BCUT2D eigenvalue weighted by molar-refractivity contribution is 0.520. The zero-order chi connectivity index (χ0) is 13.6. The van der Waals surface area contributed by atoms with Gasteiger partial charge in [0.1, 0.15) is 10.7 Å². The maximum absolute atomic E-state index is 11.9. The summed E-state index contributed by atoms with van der Waals surface area (Å²) in [5.74, 6) is 2.15. The Hall–Kier alpha value is -1.18. The van der Waals surface area contributed by atoms with E-state index in [1.807, 2.05) is 0 Å². The molecule has 2 heterocycles. The van der Waals surface area contributed by atoms with Crippen LogP contribution in [-0.2, 0) is 10.0 Å². The van der Waals surface area contributed by atoms with Crippen molar-refractivity contribution in [2.45, 2.75) is 10.9 Å². The Morgan fingerprint density at radius 3 is 2.53 bits per heavy atom. The number of fused-ring (bicyclic) bond motifs is 1. The molecule has 0 spiro atoms. The van der Waals surface area contributed by atoms with Crippen LogP contribution in [0.4, 0.5) is 5.82 Å². The van der Waals surface area contributed by atoms with Gasteiger partial charge in [0.05, 0.1) is 0 Å². The molecule has 19 heavy (non-hydrogen) atoms. The number of pyridine rings is 1. The molecule has 2 aliphatic rings. The fourth-order valence-electron chi connectivity index (χ4n) is 2.63. The summed E-state index contributed by atoms with van der Waals surface area (Å²) < 4.78 is 25.0. The lowest BCUT2D eigenvalue weighted by Crippen LogP contribution is -2.23. The fourth-order valence-corrected chi connectivity index (χ4v) is 3.48. The number of anilines is 1. The summed E-state index contributed by atoms with van der Waals surface area (Å²) in [7, 11) is -0.361. The number of sulfonamides is 1. The maximum atomic E-state index is 11.9. The first-order chi connectivity index (χ1) is 9.00. The van der Waals surface area contributed by atoms with E-state index in [2.05, 4.69) is 15.6 Å². The lowest BCUT2D eigenvalue weighted by Gasteiger charge is -2.12. The second-order valence-corrected chi connectivity index (χ2v) is 7.47. The van der Waals surface area contributed by atoms with E-state index in [1.54, 1.807) is 12.1 Å². The van der Waals surface area contributed by atoms with E-state index in [9.17, 15) is 8.42 Å². The van der Waals surface area contributed by atoms with Gasteiger partial charge in [-0.2, -0.15) is 0 Å². The molecule has 0 amide bonds. The summed E-state index contributed by atoms with van der Waals surface area (Å²) in [6.07, 6.45) is 1.41. The monoisotopic (exact) mass is 282 g/mol. The average molecular weight is 282 g/mol. The fraction of sp³-hybridized carbons (Fsp3) is 0.583. The molecule has 1 aromatic rings. The minimum atomic E-state index is -3.39. The van der Waals surface area contributed by atoms with E-state index in [1.165, 1.54) is 24.6 Å². The molecule has 0 aromatic carbocycles. The highest BCUT2D eigenvalue weighted by atomic mass is 32.2. The number of rotatable bonds is 4. The number of hydrogen-bond donors (Lipinski definition) is 2. The Balaban J connectivity index is 1.70. The molecule has 1 aliphatic heterocycles. The topological polar surface area (TPSA) is 74.3 Å². The third-order valence-electron chi connectivity index (χ3n) is 3.92. The minimum absolute atomic E-state index is 0.223. The summed E-state index contributed by atoms with van der Waals surface area (Å²) in [5, 5.41) is 6.70. The molecule has 0 bridgehead atoms. The third-order valence-corrected chi connectivity index (χ3v) is 5.72.